The summed E-state index contributed by atoms with van der Waals surface area (Å²) in [4.78, 5) is 35.8. The van der Waals surface area contributed by atoms with E-state index in [0.717, 1.165) is 64.2 Å². The lowest BCUT2D eigenvalue weighted by atomic mass is 9.85. The van der Waals surface area contributed by atoms with Crippen LogP contribution in [0.25, 0.3) is 0 Å². The molecule has 0 aromatic carbocycles. The lowest BCUT2D eigenvalue weighted by Crippen LogP contribution is -2.64. The molecule has 4 unspecified atom stereocenters. The van der Waals surface area contributed by atoms with Crippen LogP contribution in [0.3, 0.4) is 0 Å². The van der Waals surface area contributed by atoms with Gasteiger partial charge >= 0.3 is 19.8 Å². The summed E-state index contributed by atoms with van der Waals surface area (Å²) < 4.78 is 33.4. The van der Waals surface area contributed by atoms with Crippen molar-refractivity contribution in [2.75, 3.05) is 13.2 Å². The zero-order valence-corrected chi connectivity index (χ0v) is 41.7. The summed E-state index contributed by atoms with van der Waals surface area (Å²) in [6.07, 6.45) is 35.3. The van der Waals surface area contributed by atoms with E-state index in [9.17, 15) is 49.7 Å². The van der Waals surface area contributed by atoms with Gasteiger partial charge in [-0.15, -0.1) is 0 Å². The SMILES string of the molecule is CCCCCC/C=C\C/C=C\C/C=C\CCCCCCCCC(=O)OC[C@H](COP(=O)(O)OC1[C@H](O)[C@H](O)C(O)[C@H](O)[C@H]1O)OC(=O)CCCC(O)/C=C/C=C/C/C=C/CCCCCCCC. The minimum Gasteiger partial charge on any atom is -0.462 e. The second kappa shape index (κ2) is 41.1. The summed E-state index contributed by atoms with van der Waals surface area (Å²) in [7, 11) is -5.18. The van der Waals surface area contributed by atoms with Gasteiger partial charge in [-0.25, -0.2) is 4.57 Å². The number of unbranched alkanes of at least 4 members (excludes halogenated alkanes) is 16. The Morgan fingerprint density at radius 2 is 0.985 bits per heavy atom. The highest BCUT2D eigenvalue weighted by Crippen LogP contribution is 2.47. The fourth-order valence-electron chi connectivity index (χ4n) is 7.24. The van der Waals surface area contributed by atoms with Gasteiger partial charge in [-0.05, 0) is 77.0 Å². The Morgan fingerprint density at radius 1 is 0.537 bits per heavy atom. The molecule has 1 aliphatic rings. The summed E-state index contributed by atoms with van der Waals surface area (Å²) in [5.41, 5.74) is 0. The average molecular weight is 969 g/mol. The van der Waals surface area contributed by atoms with Gasteiger partial charge in [0.15, 0.2) is 6.10 Å². The number of hydrogen-bond acceptors (Lipinski definition) is 13. The summed E-state index contributed by atoms with van der Waals surface area (Å²) in [6, 6.07) is 0. The van der Waals surface area contributed by atoms with Crippen LogP contribution in [-0.4, -0.2) is 110 Å². The van der Waals surface area contributed by atoms with Crippen LogP contribution in [0.4, 0.5) is 0 Å². The molecule has 0 spiro atoms. The molecule has 7 N–H and O–H groups in total. The zero-order chi connectivity index (χ0) is 49.4. The number of carbonyl (C=O) groups is 2. The van der Waals surface area contributed by atoms with E-state index in [1.165, 1.54) is 70.6 Å². The minimum atomic E-state index is -5.18. The molecular formula is C52H89O14P. The number of allylic oxidation sites excluding steroid dienone is 11. The molecule has 9 atom stereocenters. The topological polar surface area (TPSA) is 230 Å². The first-order valence-electron chi connectivity index (χ1n) is 25.3. The molecule has 1 saturated carbocycles. The van der Waals surface area contributed by atoms with Gasteiger partial charge in [0.25, 0.3) is 0 Å². The first-order chi connectivity index (χ1) is 32.3. The van der Waals surface area contributed by atoms with E-state index >= 15 is 0 Å². The summed E-state index contributed by atoms with van der Waals surface area (Å²) in [5.74, 6) is -1.31. The highest BCUT2D eigenvalue weighted by Gasteiger charge is 2.51. The van der Waals surface area contributed by atoms with Crippen LogP contribution in [0, 0.1) is 0 Å². The third-order valence-electron chi connectivity index (χ3n) is 11.4. The molecule has 386 valence electrons. The molecule has 1 aliphatic carbocycles. The van der Waals surface area contributed by atoms with Crippen molar-refractivity contribution in [1.82, 2.24) is 0 Å². The Balaban J connectivity index is 2.51. The van der Waals surface area contributed by atoms with Crippen molar-refractivity contribution in [1.29, 1.82) is 0 Å². The molecule has 0 aromatic heterocycles. The number of esters is 2. The molecule has 15 heteroatoms. The Labute approximate surface area is 402 Å². The smallest absolute Gasteiger partial charge is 0.462 e. The maximum atomic E-state index is 12.8. The number of aliphatic hydroxyl groups is 6. The van der Waals surface area contributed by atoms with Gasteiger partial charge in [-0.3, -0.25) is 18.6 Å². The molecule has 14 nitrogen and oxygen atoms in total. The largest absolute Gasteiger partial charge is 0.472 e. The van der Waals surface area contributed by atoms with Crippen molar-refractivity contribution >= 4 is 19.8 Å². The van der Waals surface area contributed by atoms with Gasteiger partial charge in [-0.1, -0.05) is 164 Å². The lowest BCUT2D eigenvalue weighted by molar-refractivity contribution is -0.220. The molecular weight excluding hydrogens is 880 g/mol. The normalized spacial score (nSPS) is 22.2. The first kappa shape index (κ1) is 62.3. The fraction of sp³-hybridized carbons (Fsp3) is 0.731. The molecule has 0 amide bonds. The summed E-state index contributed by atoms with van der Waals surface area (Å²) in [6.45, 7) is 3.11. The predicted octanol–water partition coefficient (Wildman–Crippen LogP) is 9.64. The van der Waals surface area contributed by atoms with E-state index in [0.29, 0.717) is 6.42 Å². The zero-order valence-electron chi connectivity index (χ0n) is 40.8. The number of aliphatic hydroxyl groups excluding tert-OH is 6. The van der Waals surface area contributed by atoms with Crippen molar-refractivity contribution in [3.63, 3.8) is 0 Å². The number of hydrogen-bond donors (Lipinski definition) is 7. The number of rotatable bonds is 41. The molecule has 1 rings (SSSR count). The van der Waals surface area contributed by atoms with Crippen LogP contribution in [0.5, 0.6) is 0 Å². The van der Waals surface area contributed by atoms with E-state index < -0.39 is 81.8 Å². The van der Waals surface area contributed by atoms with Crippen LogP contribution >= 0.6 is 7.82 Å². The molecule has 0 radical (unpaired) electrons. The predicted molar refractivity (Wildman–Crippen MR) is 264 cm³/mol. The quantitative estimate of drug-likeness (QED) is 0.00995. The number of phosphoric ester groups is 1. The van der Waals surface area contributed by atoms with Crippen molar-refractivity contribution in [2.24, 2.45) is 0 Å². The maximum Gasteiger partial charge on any atom is 0.472 e. The average Bonchev–Trinajstić information content (AvgIpc) is 3.30. The van der Waals surface area contributed by atoms with Gasteiger partial charge in [0.2, 0.25) is 0 Å². The lowest BCUT2D eigenvalue weighted by Gasteiger charge is -2.41. The Morgan fingerprint density at radius 3 is 1.54 bits per heavy atom. The standard InChI is InChI=1S/C52H89O14P/c1-3-5-7-9-11-13-15-17-18-19-20-21-22-23-25-27-29-31-33-35-39-45(54)63-41-44(42-64-67(61,62)66-52-50(59)48(57)47(56)49(58)51(52)60)65-46(55)40-36-38-43(53)37-34-32-30-28-26-24-16-14-12-10-8-6-4-2/h13,15,18-19,21-22,24,26,30,32,34,37,43-44,47-53,56-60H,3-12,14,16-17,20,23,25,27-29,31,33,35-36,38-42H2,1-2H3,(H,61,62)/b15-13-,19-18-,22-21-,26-24+,32-30+,37-34+/t43?,44-,47?,48-,49+,50-,51-,52?/m1/s1. The van der Waals surface area contributed by atoms with Crippen LogP contribution < -0.4 is 0 Å². The van der Waals surface area contributed by atoms with Gasteiger partial charge in [-0.2, -0.15) is 0 Å². The molecule has 0 heterocycles. The van der Waals surface area contributed by atoms with E-state index in [2.05, 4.69) is 62.5 Å². The molecule has 67 heavy (non-hydrogen) atoms. The Bertz CT molecular complexity index is 1460. The second-order valence-electron chi connectivity index (χ2n) is 17.5. The second-order valence-corrected chi connectivity index (χ2v) is 18.9. The Kier molecular flexibility index (Phi) is 38.2. The maximum absolute atomic E-state index is 12.8. The third-order valence-corrected chi connectivity index (χ3v) is 12.4. The van der Waals surface area contributed by atoms with Crippen molar-refractivity contribution in [3.8, 4) is 0 Å². The van der Waals surface area contributed by atoms with Gasteiger partial charge < -0.3 is 45.0 Å². The molecule has 0 aromatic rings. The fourth-order valence-corrected chi connectivity index (χ4v) is 8.22. The minimum absolute atomic E-state index is 0.110. The third kappa shape index (κ3) is 33.4. The van der Waals surface area contributed by atoms with Crippen molar-refractivity contribution < 1.29 is 68.2 Å². The Hall–Kier alpha value is -2.75. The van der Waals surface area contributed by atoms with Crippen molar-refractivity contribution in [2.45, 2.75) is 230 Å². The first-order valence-corrected chi connectivity index (χ1v) is 26.8. The van der Waals surface area contributed by atoms with Crippen LogP contribution in [0.1, 0.15) is 181 Å². The van der Waals surface area contributed by atoms with Crippen LogP contribution in [0.15, 0.2) is 72.9 Å². The number of ether oxygens (including phenoxy) is 2. The molecule has 0 aliphatic heterocycles. The van der Waals surface area contributed by atoms with E-state index in [4.69, 9.17) is 18.5 Å². The van der Waals surface area contributed by atoms with Crippen LogP contribution in [0.2, 0.25) is 0 Å². The monoisotopic (exact) mass is 969 g/mol. The summed E-state index contributed by atoms with van der Waals surface area (Å²) in [5, 5.41) is 60.6. The van der Waals surface area contributed by atoms with Gasteiger partial charge in [0, 0.05) is 12.8 Å². The molecule has 0 saturated heterocycles. The van der Waals surface area contributed by atoms with E-state index in [-0.39, 0.29) is 25.7 Å². The summed E-state index contributed by atoms with van der Waals surface area (Å²) >= 11 is 0. The van der Waals surface area contributed by atoms with Crippen LogP contribution in [-0.2, 0) is 32.7 Å². The highest BCUT2D eigenvalue weighted by atomic mass is 31.2. The molecule has 1 fully saturated rings. The molecule has 0 bridgehead atoms. The van der Waals surface area contributed by atoms with Gasteiger partial charge in [0.05, 0.1) is 12.7 Å². The van der Waals surface area contributed by atoms with E-state index in [1.54, 1.807) is 12.2 Å². The number of carbonyl (C=O) groups excluding carboxylic acids is 2. The van der Waals surface area contributed by atoms with Crippen molar-refractivity contribution in [3.05, 3.63) is 72.9 Å². The van der Waals surface area contributed by atoms with E-state index in [1.807, 2.05) is 12.2 Å². The van der Waals surface area contributed by atoms with Gasteiger partial charge in [0.1, 0.15) is 43.2 Å². The highest BCUT2D eigenvalue weighted by molar-refractivity contribution is 7.47. The number of phosphoric acid groups is 1.